The molecule has 0 bridgehead atoms. The Morgan fingerprint density at radius 2 is 1.68 bits per heavy atom. The monoisotopic (exact) mass is 380 g/mol. The van der Waals surface area contributed by atoms with Gasteiger partial charge in [-0.3, -0.25) is 9.59 Å². The van der Waals surface area contributed by atoms with E-state index in [-0.39, 0.29) is 30.9 Å². The molecule has 146 valence electrons. The van der Waals surface area contributed by atoms with Crippen molar-refractivity contribution in [3.63, 3.8) is 0 Å². The second-order valence-electron chi connectivity index (χ2n) is 6.71. The van der Waals surface area contributed by atoms with Crippen LogP contribution in [0, 0.1) is 0 Å². The lowest BCUT2D eigenvalue weighted by molar-refractivity contribution is -0.147. The van der Waals surface area contributed by atoms with Crippen LogP contribution in [0.15, 0.2) is 60.7 Å². The largest absolute Gasteiger partial charge is 0.508 e. The molecule has 1 atom stereocenters. The standard InChI is InChI=1S/C23H24O5/c24-20-7-4-6-19(16-20)17-10-12-18(13-11-17)21-8-2-1-3-9-22(25)27-14-5-15-28-23(21)26/h1-2,4,6-7,10-13,16,21,24H,3,5,8-9,14-15H2/b2-1+. The Labute approximate surface area is 164 Å². The number of aromatic hydroxyl groups is 1. The molecule has 5 heteroatoms. The molecule has 5 nitrogen and oxygen atoms in total. The molecule has 2 aromatic rings. The molecule has 1 aliphatic heterocycles. The zero-order chi connectivity index (χ0) is 19.8. The van der Waals surface area contributed by atoms with Crippen molar-refractivity contribution in [2.24, 2.45) is 0 Å². The summed E-state index contributed by atoms with van der Waals surface area (Å²) in [7, 11) is 0. The van der Waals surface area contributed by atoms with Gasteiger partial charge >= 0.3 is 11.9 Å². The van der Waals surface area contributed by atoms with Gasteiger partial charge in [-0.25, -0.2) is 0 Å². The summed E-state index contributed by atoms with van der Waals surface area (Å²) in [5.74, 6) is -0.686. The number of rotatable bonds is 2. The van der Waals surface area contributed by atoms with E-state index in [4.69, 9.17) is 9.47 Å². The van der Waals surface area contributed by atoms with Crippen LogP contribution in [0.2, 0.25) is 0 Å². The summed E-state index contributed by atoms with van der Waals surface area (Å²) >= 11 is 0. The van der Waals surface area contributed by atoms with Gasteiger partial charge in [0.25, 0.3) is 0 Å². The van der Waals surface area contributed by atoms with E-state index in [0.29, 0.717) is 25.7 Å². The second kappa shape index (κ2) is 9.74. The van der Waals surface area contributed by atoms with E-state index in [1.165, 1.54) is 0 Å². The predicted molar refractivity (Wildman–Crippen MR) is 106 cm³/mol. The molecule has 0 fully saturated rings. The average Bonchev–Trinajstić information content (AvgIpc) is 2.71. The summed E-state index contributed by atoms with van der Waals surface area (Å²) in [4.78, 5) is 24.1. The van der Waals surface area contributed by atoms with Gasteiger partial charge in [-0.15, -0.1) is 0 Å². The number of ether oxygens (including phenoxy) is 2. The quantitative estimate of drug-likeness (QED) is 0.619. The topological polar surface area (TPSA) is 72.8 Å². The van der Waals surface area contributed by atoms with Gasteiger partial charge in [0.15, 0.2) is 0 Å². The first-order valence-electron chi connectivity index (χ1n) is 9.50. The third-order valence-electron chi connectivity index (χ3n) is 4.63. The van der Waals surface area contributed by atoms with Gasteiger partial charge < -0.3 is 14.6 Å². The number of carbonyl (C=O) groups is 2. The Morgan fingerprint density at radius 1 is 0.893 bits per heavy atom. The first-order valence-corrected chi connectivity index (χ1v) is 9.50. The zero-order valence-corrected chi connectivity index (χ0v) is 15.7. The predicted octanol–water partition coefficient (Wildman–Crippen LogP) is 4.36. The van der Waals surface area contributed by atoms with E-state index in [2.05, 4.69) is 0 Å². The summed E-state index contributed by atoms with van der Waals surface area (Å²) in [5.41, 5.74) is 2.75. The average molecular weight is 380 g/mol. The van der Waals surface area contributed by atoms with Crippen LogP contribution >= 0.6 is 0 Å². The van der Waals surface area contributed by atoms with Crippen LogP contribution in [0.25, 0.3) is 11.1 Å². The molecule has 1 N–H and O–H groups in total. The highest BCUT2D eigenvalue weighted by atomic mass is 16.5. The zero-order valence-electron chi connectivity index (χ0n) is 15.7. The van der Waals surface area contributed by atoms with E-state index in [1.807, 2.05) is 42.5 Å². The molecule has 0 amide bonds. The minimum Gasteiger partial charge on any atom is -0.508 e. The molecule has 3 rings (SSSR count). The molecule has 0 saturated carbocycles. The van der Waals surface area contributed by atoms with E-state index >= 15 is 0 Å². The lowest BCUT2D eigenvalue weighted by atomic mass is 9.93. The smallest absolute Gasteiger partial charge is 0.313 e. The maximum Gasteiger partial charge on any atom is 0.313 e. The molecular weight excluding hydrogens is 356 g/mol. The Balaban J connectivity index is 1.76. The number of esters is 2. The van der Waals surface area contributed by atoms with Crippen molar-refractivity contribution in [3.05, 3.63) is 66.2 Å². The first kappa shape index (κ1) is 19.7. The van der Waals surface area contributed by atoms with Crippen molar-refractivity contribution in [2.45, 2.75) is 31.6 Å². The molecule has 2 aromatic carbocycles. The SMILES string of the molecule is O=C1CC/C=C/CC(c2ccc(-c3cccc(O)c3)cc2)C(=O)OCCCO1. The molecular formula is C23H24O5. The number of hydrogen-bond donors (Lipinski definition) is 1. The van der Waals surface area contributed by atoms with E-state index < -0.39 is 5.92 Å². The molecule has 0 saturated heterocycles. The number of hydrogen-bond acceptors (Lipinski definition) is 5. The molecule has 0 spiro atoms. The fourth-order valence-electron chi connectivity index (χ4n) is 3.10. The third kappa shape index (κ3) is 5.46. The Kier molecular flexibility index (Phi) is 6.84. The molecule has 1 unspecified atom stereocenters. The molecule has 0 aromatic heterocycles. The number of carbonyl (C=O) groups excluding carboxylic acids is 2. The number of allylic oxidation sites excluding steroid dienone is 2. The summed E-state index contributed by atoms with van der Waals surface area (Å²) < 4.78 is 10.5. The third-order valence-corrected chi connectivity index (χ3v) is 4.63. The van der Waals surface area contributed by atoms with Crippen molar-refractivity contribution in [2.75, 3.05) is 13.2 Å². The number of cyclic esters (lactones) is 2. The minimum atomic E-state index is -0.396. The summed E-state index contributed by atoms with van der Waals surface area (Å²) in [6.07, 6.45) is 5.76. The lowest BCUT2D eigenvalue weighted by Crippen LogP contribution is -2.17. The molecule has 28 heavy (non-hydrogen) atoms. The maximum absolute atomic E-state index is 12.6. The van der Waals surface area contributed by atoms with Gasteiger partial charge in [0.2, 0.25) is 0 Å². The van der Waals surface area contributed by atoms with Crippen LogP contribution in [0.5, 0.6) is 5.75 Å². The van der Waals surface area contributed by atoms with Gasteiger partial charge in [-0.05, 0) is 41.7 Å². The van der Waals surface area contributed by atoms with Crippen molar-refractivity contribution in [1.29, 1.82) is 0 Å². The van der Waals surface area contributed by atoms with Crippen LogP contribution in [0.1, 0.15) is 37.2 Å². The summed E-state index contributed by atoms with van der Waals surface area (Å²) in [6, 6.07) is 14.8. The fourth-order valence-corrected chi connectivity index (χ4v) is 3.10. The highest BCUT2D eigenvalue weighted by molar-refractivity contribution is 5.79. The van der Waals surface area contributed by atoms with Gasteiger partial charge in [-0.2, -0.15) is 0 Å². The Morgan fingerprint density at radius 3 is 2.46 bits per heavy atom. The van der Waals surface area contributed by atoms with Gasteiger partial charge in [0.1, 0.15) is 5.75 Å². The van der Waals surface area contributed by atoms with Crippen LogP contribution < -0.4 is 0 Å². The maximum atomic E-state index is 12.6. The number of phenolic OH excluding ortho intramolecular Hbond substituents is 1. The van der Waals surface area contributed by atoms with Gasteiger partial charge in [0.05, 0.1) is 19.1 Å². The molecule has 1 aliphatic rings. The van der Waals surface area contributed by atoms with E-state index in [0.717, 1.165) is 16.7 Å². The highest BCUT2D eigenvalue weighted by Gasteiger charge is 2.21. The number of phenols is 1. The van der Waals surface area contributed by atoms with E-state index in [9.17, 15) is 14.7 Å². The van der Waals surface area contributed by atoms with Crippen LogP contribution in [0.3, 0.4) is 0 Å². The van der Waals surface area contributed by atoms with Gasteiger partial charge in [0, 0.05) is 12.8 Å². The first-order chi connectivity index (χ1) is 13.6. The normalized spacial score (nSPS) is 20.1. The highest BCUT2D eigenvalue weighted by Crippen LogP contribution is 2.28. The Bertz CT molecular complexity index is 838. The molecule has 0 radical (unpaired) electrons. The van der Waals surface area contributed by atoms with Crippen LogP contribution in [-0.2, 0) is 19.1 Å². The van der Waals surface area contributed by atoms with Crippen molar-refractivity contribution in [3.8, 4) is 16.9 Å². The number of benzene rings is 2. The second-order valence-corrected chi connectivity index (χ2v) is 6.71. The van der Waals surface area contributed by atoms with Crippen molar-refractivity contribution >= 4 is 11.9 Å². The van der Waals surface area contributed by atoms with Crippen molar-refractivity contribution in [1.82, 2.24) is 0 Å². The minimum absolute atomic E-state index is 0.216. The summed E-state index contributed by atoms with van der Waals surface area (Å²) in [6.45, 7) is 0.493. The lowest BCUT2D eigenvalue weighted by Gasteiger charge is -2.15. The van der Waals surface area contributed by atoms with E-state index in [1.54, 1.807) is 18.2 Å². The fraction of sp³-hybridized carbons (Fsp3) is 0.304. The van der Waals surface area contributed by atoms with Crippen LogP contribution in [0.4, 0.5) is 0 Å². The van der Waals surface area contributed by atoms with Crippen LogP contribution in [-0.4, -0.2) is 30.3 Å². The summed E-state index contributed by atoms with van der Waals surface area (Å²) in [5, 5.41) is 9.66. The molecule has 0 aliphatic carbocycles. The Hall–Kier alpha value is -3.08. The molecule has 1 heterocycles. The van der Waals surface area contributed by atoms with Gasteiger partial charge in [-0.1, -0.05) is 48.6 Å². The van der Waals surface area contributed by atoms with Crippen molar-refractivity contribution < 1.29 is 24.2 Å².